The summed E-state index contributed by atoms with van der Waals surface area (Å²) in [7, 11) is 0. The Morgan fingerprint density at radius 2 is 1.94 bits per heavy atom. The SMILES string of the molecule is N#C[C@@H]1CCC[C@@H]1NCC1(C2CC2)CCC1. The Hall–Kier alpha value is -0.550. The highest BCUT2D eigenvalue weighted by Crippen LogP contribution is 2.56. The Kier molecular flexibility index (Phi) is 2.67. The summed E-state index contributed by atoms with van der Waals surface area (Å²) in [4.78, 5) is 0. The van der Waals surface area contributed by atoms with Gasteiger partial charge in [-0.05, 0) is 49.9 Å². The minimum Gasteiger partial charge on any atom is -0.312 e. The predicted octanol–water partition coefficient (Wildman–Crippen LogP) is 2.85. The van der Waals surface area contributed by atoms with Crippen LogP contribution in [0.25, 0.3) is 0 Å². The smallest absolute Gasteiger partial charge is 0.0672 e. The number of hydrogen-bond donors (Lipinski definition) is 1. The second-order valence-corrected chi connectivity index (χ2v) is 6.14. The topological polar surface area (TPSA) is 35.8 Å². The predicted molar refractivity (Wildman–Crippen MR) is 63.8 cm³/mol. The summed E-state index contributed by atoms with van der Waals surface area (Å²) in [6, 6.07) is 2.97. The van der Waals surface area contributed by atoms with Crippen LogP contribution in [-0.2, 0) is 0 Å². The molecule has 2 heteroatoms. The normalized spacial score (nSPS) is 36.7. The summed E-state index contributed by atoms with van der Waals surface area (Å²) >= 11 is 0. The molecule has 3 saturated carbocycles. The lowest BCUT2D eigenvalue weighted by Crippen LogP contribution is -2.46. The van der Waals surface area contributed by atoms with Crippen LogP contribution in [0.2, 0.25) is 0 Å². The molecule has 2 atom stereocenters. The fraction of sp³-hybridized carbons (Fsp3) is 0.929. The van der Waals surface area contributed by atoms with Crippen LogP contribution in [0.3, 0.4) is 0 Å². The summed E-state index contributed by atoms with van der Waals surface area (Å²) in [5.41, 5.74) is 0.655. The number of nitrogens with one attached hydrogen (secondary N) is 1. The van der Waals surface area contributed by atoms with E-state index < -0.39 is 0 Å². The van der Waals surface area contributed by atoms with Crippen molar-refractivity contribution in [1.29, 1.82) is 5.26 Å². The van der Waals surface area contributed by atoms with E-state index in [4.69, 9.17) is 5.26 Å². The van der Waals surface area contributed by atoms with Gasteiger partial charge in [-0.15, -0.1) is 0 Å². The van der Waals surface area contributed by atoms with Gasteiger partial charge in [0.2, 0.25) is 0 Å². The summed E-state index contributed by atoms with van der Waals surface area (Å²) < 4.78 is 0. The van der Waals surface area contributed by atoms with Crippen molar-refractivity contribution in [1.82, 2.24) is 5.32 Å². The first-order valence-electron chi connectivity index (χ1n) is 6.97. The van der Waals surface area contributed by atoms with E-state index >= 15 is 0 Å². The van der Waals surface area contributed by atoms with E-state index in [2.05, 4.69) is 11.4 Å². The highest BCUT2D eigenvalue weighted by molar-refractivity contribution is 5.03. The average molecular weight is 218 g/mol. The van der Waals surface area contributed by atoms with E-state index in [0.29, 0.717) is 11.5 Å². The number of hydrogen-bond acceptors (Lipinski definition) is 2. The molecule has 88 valence electrons. The molecule has 0 aliphatic heterocycles. The van der Waals surface area contributed by atoms with E-state index in [1.165, 1.54) is 51.5 Å². The Morgan fingerprint density at radius 1 is 1.12 bits per heavy atom. The summed E-state index contributed by atoms with van der Waals surface area (Å²) in [6.45, 7) is 1.19. The fourth-order valence-corrected chi connectivity index (χ4v) is 3.75. The van der Waals surface area contributed by atoms with Gasteiger partial charge in [0.25, 0.3) is 0 Å². The second kappa shape index (κ2) is 4.04. The Balaban J connectivity index is 1.53. The zero-order valence-electron chi connectivity index (χ0n) is 10.0. The molecule has 2 nitrogen and oxygen atoms in total. The zero-order valence-corrected chi connectivity index (χ0v) is 10.0. The van der Waals surface area contributed by atoms with Gasteiger partial charge in [-0.25, -0.2) is 0 Å². The van der Waals surface area contributed by atoms with Crippen molar-refractivity contribution < 1.29 is 0 Å². The Labute approximate surface area is 98.4 Å². The van der Waals surface area contributed by atoms with Gasteiger partial charge in [-0.1, -0.05) is 12.8 Å². The number of nitriles is 1. The van der Waals surface area contributed by atoms with Crippen molar-refractivity contribution in [3.05, 3.63) is 0 Å². The molecule has 3 aliphatic carbocycles. The Morgan fingerprint density at radius 3 is 2.50 bits per heavy atom. The molecule has 0 unspecified atom stereocenters. The monoisotopic (exact) mass is 218 g/mol. The van der Waals surface area contributed by atoms with Gasteiger partial charge in [-0.2, -0.15) is 5.26 Å². The van der Waals surface area contributed by atoms with Crippen molar-refractivity contribution in [2.45, 2.75) is 57.4 Å². The molecule has 1 N–H and O–H groups in total. The average Bonchev–Trinajstić information content (AvgIpc) is 2.96. The third-order valence-corrected chi connectivity index (χ3v) is 5.19. The molecule has 0 heterocycles. The molecular weight excluding hydrogens is 196 g/mol. The maximum Gasteiger partial charge on any atom is 0.0672 e. The standard InChI is InChI=1S/C14H22N2/c15-9-11-3-1-4-13(11)16-10-14(7-2-8-14)12-5-6-12/h11-13,16H,1-8,10H2/t11-,13-/m0/s1. The quantitative estimate of drug-likeness (QED) is 0.787. The van der Waals surface area contributed by atoms with Crippen molar-refractivity contribution in [2.24, 2.45) is 17.3 Å². The summed E-state index contributed by atoms with van der Waals surface area (Å²) in [6.07, 6.45) is 10.8. The number of rotatable bonds is 4. The van der Waals surface area contributed by atoms with E-state index in [9.17, 15) is 0 Å². The minimum atomic E-state index is 0.288. The third-order valence-electron chi connectivity index (χ3n) is 5.19. The van der Waals surface area contributed by atoms with Crippen LogP contribution in [0, 0.1) is 28.6 Å². The van der Waals surface area contributed by atoms with Crippen molar-refractivity contribution in [3.63, 3.8) is 0 Å². The van der Waals surface area contributed by atoms with Crippen LogP contribution in [-0.4, -0.2) is 12.6 Å². The molecule has 3 aliphatic rings. The van der Waals surface area contributed by atoms with Gasteiger partial charge >= 0.3 is 0 Å². The van der Waals surface area contributed by atoms with Crippen molar-refractivity contribution in [3.8, 4) is 6.07 Å². The van der Waals surface area contributed by atoms with Gasteiger partial charge in [0.05, 0.1) is 12.0 Å². The molecule has 0 spiro atoms. The molecule has 0 radical (unpaired) electrons. The number of nitrogens with zero attached hydrogens (tertiary/aromatic N) is 1. The molecule has 0 aromatic carbocycles. The first kappa shape index (κ1) is 10.6. The third kappa shape index (κ3) is 1.76. The molecule has 0 saturated heterocycles. The van der Waals surface area contributed by atoms with Crippen LogP contribution < -0.4 is 5.32 Å². The van der Waals surface area contributed by atoms with Crippen LogP contribution in [0.1, 0.15) is 51.4 Å². The molecule has 16 heavy (non-hydrogen) atoms. The lowest BCUT2D eigenvalue weighted by molar-refractivity contribution is 0.0934. The lowest BCUT2D eigenvalue weighted by atomic mass is 9.65. The van der Waals surface area contributed by atoms with Crippen LogP contribution >= 0.6 is 0 Å². The zero-order chi connectivity index (χ0) is 11.0. The highest BCUT2D eigenvalue weighted by Gasteiger charge is 2.49. The van der Waals surface area contributed by atoms with Crippen LogP contribution in [0.15, 0.2) is 0 Å². The van der Waals surface area contributed by atoms with E-state index in [-0.39, 0.29) is 5.92 Å². The molecular formula is C14H22N2. The molecule has 3 rings (SSSR count). The van der Waals surface area contributed by atoms with Crippen molar-refractivity contribution >= 4 is 0 Å². The molecule has 0 aromatic rings. The summed E-state index contributed by atoms with van der Waals surface area (Å²) in [5.74, 6) is 1.31. The molecule has 0 amide bonds. The van der Waals surface area contributed by atoms with Gasteiger partial charge in [0.15, 0.2) is 0 Å². The molecule has 3 fully saturated rings. The maximum atomic E-state index is 9.07. The highest BCUT2D eigenvalue weighted by atomic mass is 14.9. The van der Waals surface area contributed by atoms with E-state index in [1.807, 2.05) is 0 Å². The molecule has 0 aromatic heterocycles. The Bertz CT molecular complexity index is 296. The lowest BCUT2D eigenvalue weighted by Gasteiger charge is -2.43. The second-order valence-electron chi connectivity index (χ2n) is 6.14. The minimum absolute atomic E-state index is 0.288. The van der Waals surface area contributed by atoms with Crippen LogP contribution in [0.4, 0.5) is 0 Å². The first-order valence-corrected chi connectivity index (χ1v) is 6.97. The first-order chi connectivity index (χ1) is 7.84. The van der Waals surface area contributed by atoms with E-state index in [0.717, 1.165) is 12.3 Å². The molecule has 0 bridgehead atoms. The summed E-state index contributed by atoms with van der Waals surface area (Å²) in [5, 5.41) is 12.8. The van der Waals surface area contributed by atoms with Crippen molar-refractivity contribution in [2.75, 3.05) is 6.54 Å². The van der Waals surface area contributed by atoms with Gasteiger partial charge in [0, 0.05) is 12.6 Å². The van der Waals surface area contributed by atoms with Gasteiger partial charge in [0.1, 0.15) is 0 Å². The largest absolute Gasteiger partial charge is 0.312 e. The fourth-order valence-electron chi connectivity index (χ4n) is 3.75. The van der Waals surface area contributed by atoms with Gasteiger partial charge < -0.3 is 5.32 Å². The van der Waals surface area contributed by atoms with E-state index in [1.54, 1.807) is 0 Å². The van der Waals surface area contributed by atoms with Gasteiger partial charge in [-0.3, -0.25) is 0 Å². The van der Waals surface area contributed by atoms with Crippen LogP contribution in [0.5, 0.6) is 0 Å². The maximum absolute atomic E-state index is 9.07.